The first kappa shape index (κ1) is 16.6. The van der Waals surface area contributed by atoms with E-state index in [1.807, 2.05) is 54.1 Å². The number of nitrogens with zero attached hydrogens (tertiary/aromatic N) is 3. The predicted molar refractivity (Wildman–Crippen MR) is 105 cm³/mol. The molecule has 0 amide bonds. The minimum atomic E-state index is -0.907. The third-order valence-electron chi connectivity index (χ3n) is 4.03. The average molecular weight is 375 g/mol. The van der Waals surface area contributed by atoms with Gasteiger partial charge in [0.1, 0.15) is 5.01 Å². The van der Waals surface area contributed by atoms with Crippen molar-refractivity contribution in [3.8, 4) is 16.6 Å². The van der Waals surface area contributed by atoms with E-state index in [1.165, 1.54) is 11.3 Å². The lowest BCUT2D eigenvalue weighted by atomic mass is 9.95. The largest absolute Gasteiger partial charge is 0.292 e. The van der Waals surface area contributed by atoms with E-state index in [0.29, 0.717) is 10.6 Å². The summed E-state index contributed by atoms with van der Waals surface area (Å²) in [5.74, 6) is -1.14. The molecule has 4 aromatic rings. The highest BCUT2D eigenvalue weighted by atomic mass is 32.1. The van der Waals surface area contributed by atoms with Crippen molar-refractivity contribution in [3.05, 3.63) is 69.5 Å². The van der Waals surface area contributed by atoms with Gasteiger partial charge in [-0.3, -0.25) is 4.79 Å². The van der Waals surface area contributed by atoms with Crippen LogP contribution in [0.25, 0.3) is 21.5 Å². The standard InChI is InChI=1S/C20H13N3OS2/c1-12-11-26-20(22-12)15(10-21)19(24)14-9-17(18-7-4-8-25-18)23-16-6-3-2-5-13(14)16/h2-9,11,15H,1H3. The fourth-order valence-corrected chi connectivity index (χ4v) is 4.34. The Morgan fingerprint density at radius 2 is 2.00 bits per heavy atom. The van der Waals surface area contributed by atoms with Crippen molar-refractivity contribution in [2.45, 2.75) is 12.8 Å². The number of thiophene rings is 1. The molecule has 0 bridgehead atoms. The number of aryl methyl sites for hydroxylation is 1. The van der Waals surface area contributed by atoms with Crippen molar-refractivity contribution in [2.75, 3.05) is 0 Å². The van der Waals surface area contributed by atoms with Crippen LogP contribution in [0.1, 0.15) is 27.0 Å². The number of hydrogen-bond acceptors (Lipinski definition) is 6. The molecule has 0 aliphatic heterocycles. The Balaban J connectivity index is 1.89. The van der Waals surface area contributed by atoms with Crippen LogP contribution in [0.4, 0.5) is 0 Å². The summed E-state index contributed by atoms with van der Waals surface area (Å²) in [4.78, 5) is 23.3. The number of benzene rings is 1. The van der Waals surface area contributed by atoms with Gasteiger partial charge in [-0.25, -0.2) is 9.97 Å². The molecule has 0 fully saturated rings. The van der Waals surface area contributed by atoms with Crippen molar-refractivity contribution < 1.29 is 4.79 Å². The molecule has 1 atom stereocenters. The molecule has 0 radical (unpaired) electrons. The molecule has 1 unspecified atom stereocenters. The van der Waals surface area contributed by atoms with E-state index < -0.39 is 5.92 Å². The fourth-order valence-electron chi connectivity index (χ4n) is 2.82. The maximum Gasteiger partial charge on any atom is 0.187 e. The zero-order valence-electron chi connectivity index (χ0n) is 13.8. The van der Waals surface area contributed by atoms with Gasteiger partial charge in [-0.1, -0.05) is 24.3 Å². The molecular formula is C20H13N3OS2. The minimum Gasteiger partial charge on any atom is -0.292 e. The van der Waals surface area contributed by atoms with E-state index >= 15 is 0 Å². The summed E-state index contributed by atoms with van der Waals surface area (Å²) in [5.41, 5.74) is 2.82. The maximum atomic E-state index is 13.2. The molecule has 0 saturated heterocycles. The number of para-hydroxylation sites is 1. The molecule has 4 rings (SSSR count). The summed E-state index contributed by atoms with van der Waals surface area (Å²) in [6.45, 7) is 1.86. The normalized spacial score (nSPS) is 12.0. The van der Waals surface area contributed by atoms with E-state index in [1.54, 1.807) is 17.4 Å². The van der Waals surface area contributed by atoms with E-state index in [9.17, 15) is 10.1 Å². The van der Waals surface area contributed by atoms with Crippen LogP contribution in [0.2, 0.25) is 0 Å². The Labute approximate surface area is 158 Å². The van der Waals surface area contributed by atoms with E-state index in [4.69, 9.17) is 0 Å². The number of ketones is 1. The number of nitriles is 1. The van der Waals surface area contributed by atoms with Crippen LogP contribution < -0.4 is 0 Å². The zero-order valence-corrected chi connectivity index (χ0v) is 15.5. The highest BCUT2D eigenvalue weighted by molar-refractivity contribution is 7.13. The van der Waals surface area contributed by atoms with Crippen LogP contribution in [0.5, 0.6) is 0 Å². The molecule has 0 saturated carbocycles. The van der Waals surface area contributed by atoms with E-state index in [0.717, 1.165) is 27.2 Å². The number of fused-ring (bicyclic) bond motifs is 1. The lowest BCUT2D eigenvalue weighted by Gasteiger charge is -2.10. The van der Waals surface area contributed by atoms with Crippen molar-refractivity contribution in [1.29, 1.82) is 5.26 Å². The van der Waals surface area contributed by atoms with Gasteiger partial charge < -0.3 is 0 Å². The second-order valence-corrected chi connectivity index (χ2v) is 7.64. The first-order valence-electron chi connectivity index (χ1n) is 7.97. The van der Waals surface area contributed by atoms with Gasteiger partial charge in [-0.05, 0) is 30.5 Å². The molecule has 3 aromatic heterocycles. The summed E-state index contributed by atoms with van der Waals surface area (Å²) >= 11 is 2.91. The number of hydrogen-bond donors (Lipinski definition) is 0. The molecule has 0 spiro atoms. The first-order chi connectivity index (χ1) is 12.7. The van der Waals surface area contributed by atoms with Crippen molar-refractivity contribution >= 4 is 39.4 Å². The van der Waals surface area contributed by atoms with Gasteiger partial charge in [0.05, 0.1) is 22.2 Å². The number of carbonyl (C=O) groups is 1. The molecule has 3 heterocycles. The average Bonchev–Trinajstić information content (AvgIpc) is 3.33. The minimum absolute atomic E-state index is 0.238. The van der Waals surface area contributed by atoms with Crippen molar-refractivity contribution in [3.63, 3.8) is 0 Å². The van der Waals surface area contributed by atoms with Gasteiger partial charge in [0.25, 0.3) is 0 Å². The second kappa shape index (κ2) is 6.79. The lowest BCUT2D eigenvalue weighted by molar-refractivity contribution is 0.0980. The highest BCUT2D eigenvalue weighted by Crippen LogP contribution is 2.31. The number of aromatic nitrogens is 2. The molecule has 0 N–H and O–H groups in total. The van der Waals surface area contributed by atoms with Crippen molar-refractivity contribution in [2.24, 2.45) is 0 Å². The van der Waals surface area contributed by atoms with Crippen LogP contribution in [-0.4, -0.2) is 15.8 Å². The van der Waals surface area contributed by atoms with Crippen LogP contribution in [0.3, 0.4) is 0 Å². The summed E-state index contributed by atoms with van der Waals surface area (Å²) in [5, 5.41) is 14.8. The van der Waals surface area contributed by atoms with Crippen LogP contribution >= 0.6 is 22.7 Å². The predicted octanol–water partition coefficient (Wildman–Crippen LogP) is 5.22. The van der Waals surface area contributed by atoms with E-state index in [2.05, 4.69) is 16.0 Å². The topological polar surface area (TPSA) is 66.6 Å². The third-order valence-corrected chi connectivity index (χ3v) is 5.95. The maximum absolute atomic E-state index is 13.2. The first-order valence-corrected chi connectivity index (χ1v) is 9.73. The molecule has 26 heavy (non-hydrogen) atoms. The molecule has 126 valence electrons. The Morgan fingerprint density at radius 1 is 1.15 bits per heavy atom. The van der Waals surface area contributed by atoms with Crippen LogP contribution in [0.15, 0.2) is 53.2 Å². The Morgan fingerprint density at radius 3 is 2.69 bits per heavy atom. The summed E-state index contributed by atoms with van der Waals surface area (Å²) < 4.78 is 0. The second-order valence-electron chi connectivity index (χ2n) is 5.80. The van der Waals surface area contributed by atoms with Crippen LogP contribution in [0, 0.1) is 18.3 Å². The van der Waals surface area contributed by atoms with Gasteiger partial charge in [0.15, 0.2) is 11.7 Å². The molecule has 0 aliphatic rings. The van der Waals surface area contributed by atoms with Gasteiger partial charge in [0.2, 0.25) is 0 Å². The van der Waals surface area contributed by atoms with Crippen LogP contribution in [-0.2, 0) is 0 Å². The van der Waals surface area contributed by atoms with Gasteiger partial charge in [-0.2, -0.15) is 5.26 Å². The monoisotopic (exact) mass is 375 g/mol. The molecule has 6 heteroatoms. The Bertz CT molecular complexity index is 1140. The fraction of sp³-hybridized carbons (Fsp3) is 0.100. The Kier molecular flexibility index (Phi) is 4.33. The van der Waals surface area contributed by atoms with Crippen molar-refractivity contribution in [1.82, 2.24) is 9.97 Å². The molecule has 1 aromatic carbocycles. The summed E-state index contributed by atoms with van der Waals surface area (Å²) in [6.07, 6.45) is 0. The Hall–Kier alpha value is -2.88. The van der Waals surface area contributed by atoms with E-state index in [-0.39, 0.29) is 5.78 Å². The summed E-state index contributed by atoms with van der Waals surface area (Å²) in [6, 6.07) is 15.4. The molecular weight excluding hydrogens is 362 g/mol. The zero-order chi connectivity index (χ0) is 18.1. The smallest absolute Gasteiger partial charge is 0.187 e. The number of rotatable bonds is 4. The molecule has 4 nitrogen and oxygen atoms in total. The lowest BCUT2D eigenvalue weighted by Crippen LogP contribution is -2.12. The number of Topliss-reactive ketones (excluding diaryl/α,β-unsaturated/α-hetero) is 1. The van der Waals surface area contributed by atoms with Gasteiger partial charge in [0, 0.05) is 22.0 Å². The van der Waals surface area contributed by atoms with Gasteiger partial charge >= 0.3 is 0 Å². The number of pyridine rings is 1. The quantitative estimate of drug-likeness (QED) is 0.459. The number of thiazole rings is 1. The van der Waals surface area contributed by atoms with Gasteiger partial charge in [-0.15, -0.1) is 22.7 Å². The third kappa shape index (κ3) is 2.92. The SMILES string of the molecule is Cc1csc(C(C#N)C(=O)c2cc(-c3cccs3)nc3ccccc23)n1. The number of carbonyl (C=O) groups excluding carboxylic acids is 1. The molecule has 0 aliphatic carbocycles. The highest BCUT2D eigenvalue weighted by Gasteiger charge is 2.27. The summed E-state index contributed by atoms with van der Waals surface area (Å²) in [7, 11) is 0.